The first-order valence-corrected chi connectivity index (χ1v) is 9.01. The Morgan fingerprint density at radius 2 is 1.71 bits per heavy atom. The van der Waals surface area contributed by atoms with Crippen molar-refractivity contribution in [1.29, 1.82) is 0 Å². The standard InChI is InChI=1S/C21H17.2ClH.Zr/c1-15-18-12-7-13-19(16-10-5-6-11-16)21(18)14-20(15)17-8-3-2-4-9-17;;;/h2-10,12-13,15H,11H2,1H3;2*1H;/q;;;+2/p-2. The fraction of sp³-hybridized carbons (Fsp3) is 0.143. The molecule has 2 aromatic carbocycles. The molecule has 0 radical (unpaired) electrons. The Hall–Kier alpha value is -0.877. The van der Waals surface area contributed by atoms with Gasteiger partial charge in [0.2, 0.25) is 0 Å². The molecule has 0 aromatic heterocycles. The fourth-order valence-electron chi connectivity index (χ4n) is 3.64. The van der Waals surface area contributed by atoms with Gasteiger partial charge in [-0.05, 0) is 0 Å². The minimum absolute atomic E-state index is 0. The molecular formula is C21H17Cl2Zr. The van der Waals surface area contributed by atoms with Gasteiger partial charge in [-0.1, -0.05) is 0 Å². The van der Waals surface area contributed by atoms with Crippen LogP contribution in [-0.2, 0) is 24.7 Å². The predicted octanol–water partition coefficient (Wildman–Crippen LogP) is -0.430. The number of hydrogen-bond donors (Lipinski definition) is 0. The van der Waals surface area contributed by atoms with Gasteiger partial charge in [0.25, 0.3) is 0 Å². The van der Waals surface area contributed by atoms with Crippen LogP contribution in [0, 0.1) is 0 Å². The molecule has 0 aliphatic heterocycles. The number of rotatable bonds is 2. The maximum Gasteiger partial charge on any atom is -1.00 e. The summed E-state index contributed by atoms with van der Waals surface area (Å²) in [6.45, 7) is 2.35. The van der Waals surface area contributed by atoms with E-state index in [4.69, 9.17) is 0 Å². The van der Waals surface area contributed by atoms with Gasteiger partial charge in [-0.15, -0.1) is 0 Å². The Bertz CT molecular complexity index is 832. The van der Waals surface area contributed by atoms with E-state index in [1.807, 2.05) is 0 Å². The van der Waals surface area contributed by atoms with Gasteiger partial charge >= 0.3 is 147 Å². The molecule has 0 fully saturated rings. The van der Waals surface area contributed by atoms with E-state index in [1.165, 1.54) is 61.4 Å². The zero-order valence-electron chi connectivity index (χ0n) is 13.4. The maximum atomic E-state index is 2.35. The summed E-state index contributed by atoms with van der Waals surface area (Å²) in [5.74, 6) is 0.488. The normalized spacial score (nSPS) is 18.0. The molecule has 0 saturated carbocycles. The quantitative estimate of drug-likeness (QED) is 0.606. The van der Waals surface area contributed by atoms with Crippen LogP contribution in [0.3, 0.4) is 0 Å². The van der Waals surface area contributed by atoms with Crippen LogP contribution in [0.5, 0.6) is 0 Å². The summed E-state index contributed by atoms with van der Waals surface area (Å²) < 4.78 is 1.53. The second kappa shape index (κ2) is 8.00. The Balaban J connectivity index is 0.00000104. The van der Waals surface area contributed by atoms with Crippen molar-refractivity contribution in [3.05, 3.63) is 89.0 Å². The number of fused-ring (bicyclic) bond motifs is 1. The largest absolute Gasteiger partial charge is 1.00 e. The van der Waals surface area contributed by atoms with Crippen LogP contribution in [0.1, 0.15) is 41.5 Å². The van der Waals surface area contributed by atoms with Crippen LogP contribution in [0.4, 0.5) is 0 Å². The summed E-state index contributed by atoms with van der Waals surface area (Å²) in [5, 5.41) is 0. The van der Waals surface area contributed by atoms with E-state index in [-0.39, 0.29) is 24.8 Å². The molecular weight excluding hydrogens is 414 g/mol. The minimum atomic E-state index is 0. The Morgan fingerprint density at radius 1 is 0.958 bits per heavy atom. The third kappa shape index (κ3) is 3.15. The number of allylic oxidation sites excluding steroid dienone is 5. The van der Waals surface area contributed by atoms with Gasteiger partial charge in [0.05, 0.1) is 0 Å². The summed E-state index contributed by atoms with van der Waals surface area (Å²) in [6, 6.07) is 17.7. The Labute approximate surface area is 171 Å². The van der Waals surface area contributed by atoms with Crippen LogP contribution < -0.4 is 24.8 Å². The van der Waals surface area contributed by atoms with E-state index in [9.17, 15) is 0 Å². The van der Waals surface area contributed by atoms with E-state index < -0.39 is 0 Å². The van der Waals surface area contributed by atoms with E-state index in [2.05, 4.69) is 73.7 Å². The fourth-order valence-corrected chi connectivity index (χ4v) is 5.22. The van der Waals surface area contributed by atoms with Gasteiger partial charge in [0.1, 0.15) is 0 Å². The van der Waals surface area contributed by atoms with E-state index >= 15 is 0 Å². The Kier molecular flexibility index (Phi) is 6.48. The van der Waals surface area contributed by atoms with Crippen molar-refractivity contribution in [3.63, 3.8) is 0 Å². The second-order valence-electron chi connectivity index (χ2n) is 5.97. The minimum Gasteiger partial charge on any atom is -1.00 e. The molecule has 0 bridgehead atoms. The first-order valence-electron chi connectivity index (χ1n) is 7.78. The zero-order chi connectivity index (χ0) is 15.1. The summed E-state index contributed by atoms with van der Waals surface area (Å²) >= 11 is 1.51. The molecule has 3 heteroatoms. The first kappa shape index (κ1) is 19.4. The summed E-state index contributed by atoms with van der Waals surface area (Å²) in [4.78, 5) is 0. The molecule has 1 atom stereocenters. The predicted molar refractivity (Wildman–Crippen MR) is 89.8 cm³/mol. The summed E-state index contributed by atoms with van der Waals surface area (Å²) in [7, 11) is 0. The molecule has 0 N–H and O–H groups in total. The van der Waals surface area contributed by atoms with E-state index in [0.29, 0.717) is 5.92 Å². The van der Waals surface area contributed by atoms with Crippen molar-refractivity contribution in [2.24, 2.45) is 0 Å². The number of benzene rings is 2. The number of hydrogen-bond acceptors (Lipinski definition) is 0. The summed E-state index contributed by atoms with van der Waals surface area (Å²) in [6.07, 6.45) is 7.76. The number of halogens is 2. The van der Waals surface area contributed by atoms with Crippen LogP contribution >= 0.6 is 0 Å². The monoisotopic (exact) mass is 429 g/mol. The topological polar surface area (TPSA) is 0 Å². The molecule has 0 saturated heterocycles. The van der Waals surface area contributed by atoms with Crippen LogP contribution in [0.2, 0.25) is 0 Å². The molecule has 0 heterocycles. The summed E-state index contributed by atoms with van der Waals surface area (Å²) in [5.41, 5.74) is 8.79. The SMILES string of the molecule is CC1C(c2ccccc2)=[C]([Zr+2])c2c(C3=CC=CC3)cccc21.[Cl-].[Cl-]. The van der Waals surface area contributed by atoms with Gasteiger partial charge < -0.3 is 24.8 Å². The van der Waals surface area contributed by atoms with Crippen LogP contribution in [0.15, 0.2) is 66.8 Å². The van der Waals surface area contributed by atoms with Crippen molar-refractivity contribution in [2.75, 3.05) is 0 Å². The van der Waals surface area contributed by atoms with Gasteiger partial charge in [0.15, 0.2) is 0 Å². The average Bonchev–Trinajstić information content (AvgIpc) is 3.16. The maximum absolute atomic E-state index is 2.35. The van der Waals surface area contributed by atoms with Crippen LogP contribution in [-0.4, -0.2) is 0 Å². The third-order valence-corrected chi connectivity index (χ3v) is 5.99. The Morgan fingerprint density at radius 3 is 2.38 bits per heavy atom. The van der Waals surface area contributed by atoms with Gasteiger partial charge in [-0.3, -0.25) is 0 Å². The van der Waals surface area contributed by atoms with Crippen molar-refractivity contribution in [1.82, 2.24) is 0 Å². The molecule has 0 spiro atoms. The third-order valence-electron chi connectivity index (χ3n) is 4.72. The molecule has 2 aliphatic rings. The van der Waals surface area contributed by atoms with Crippen LogP contribution in [0.25, 0.3) is 14.4 Å². The van der Waals surface area contributed by atoms with Crippen molar-refractivity contribution in [3.8, 4) is 0 Å². The molecule has 0 amide bonds. The van der Waals surface area contributed by atoms with Gasteiger partial charge in [-0.25, -0.2) is 0 Å². The molecule has 2 aliphatic carbocycles. The smallest absolute Gasteiger partial charge is 1.00 e. The van der Waals surface area contributed by atoms with Crippen molar-refractivity contribution >= 4 is 14.4 Å². The van der Waals surface area contributed by atoms with Crippen molar-refractivity contribution in [2.45, 2.75) is 19.3 Å². The van der Waals surface area contributed by atoms with E-state index in [1.54, 1.807) is 0 Å². The first-order chi connectivity index (χ1) is 10.8. The van der Waals surface area contributed by atoms with Gasteiger partial charge in [-0.2, -0.15) is 0 Å². The van der Waals surface area contributed by atoms with Gasteiger partial charge in [0, 0.05) is 0 Å². The van der Waals surface area contributed by atoms with E-state index in [0.717, 1.165) is 6.42 Å². The molecule has 2 aromatic rings. The molecule has 4 rings (SSSR count). The molecule has 119 valence electrons. The van der Waals surface area contributed by atoms with Crippen molar-refractivity contribution < 1.29 is 49.5 Å². The molecule has 24 heavy (non-hydrogen) atoms. The zero-order valence-corrected chi connectivity index (χ0v) is 17.4. The average molecular weight is 431 g/mol. The molecule has 1 unspecified atom stereocenters. The second-order valence-corrected chi connectivity index (χ2v) is 7.20. The molecule has 0 nitrogen and oxygen atoms in total.